The van der Waals surface area contributed by atoms with Crippen LogP contribution in [-0.2, 0) is 11.4 Å². The van der Waals surface area contributed by atoms with Crippen molar-refractivity contribution in [1.29, 1.82) is 0 Å². The molecule has 0 radical (unpaired) electrons. The van der Waals surface area contributed by atoms with Crippen LogP contribution in [0.15, 0.2) is 53.7 Å². The van der Waals surface area contributed by atoms with Gasteiger partial charge in [0.05, 0.1) is 11.1 Å². The Bertz CT molecular complexity index is 644. The van der Waals surface area contributed by atoms with Gasteiger partial charge < -0.3 is 4.84 Å². The van der Waals surface area contributed by atoms with Crippen LogP contribution in [0, 0.1) is 13.7 Å². The average Bonchev–Trinajstić information content (AvgIpc) is 2.45. The zero-order chi connectivity index (χ0) is 14.4. The van der Waals surface area contributed by atoms with Gasteiger partial charge >= 0.3 is 0 Å². The predicted octanol–water partition coefficient (Wildman–Crippen LogP) is 3.75. The van der Waals surface area contributed by atoms with Gasteiger partial charge in [0.25, 0.3) is 5.69 Å². The van der Waals surface area contributed by atoms with Crippen LogP contribution in [0.1, 0.15) is 11.1 Å². The number of nitrogens with zero attached hydrogens (tertiary/aromatic N) is 2. The molecule has 0 spiro atoms. The SMILES string of the molecule is O=[N+]([O-])c1cccc(CO/N=C\c2ccccc2I)c1. The van der Waals surface area contributed by atoms with Crippen LogP contribution in [-0.4, -0.2) is 11.1 Å². The minimum Gasteiger partial charge on any atom is -0.391 e. The van der Waals surface area contributed by atoms with E-state index in [1.165, 1.54) is 12.1 Å². The summed E-state index contributed by atoms with van der Waals surface area (Å²) in [5, 5.41) is 14.5. The third-order valence-corrected chi connectivity index (χ3v) is 3.51. The summed E-state index contributed by atoms with van der Waals surface area (Å²) in [6, 6.07) is 14.1. The van der Waals surface area contributed by atoms with E-state index in [4.69, 9.17) is 4.84 Å². The molecule has 2 aromatic carbocycles. The highest BCUT2D eigenvalue weighted by Gasteiger charge is 2.05. The summed E-state index contributed by atoms with van der Waals surface area (Å²) in [6.07, 6.45) is 1.62. The second kappa shape index (κ2) is 6.99. The average molecular weight is 382 g/mol. The number of oxime groups is 1. The molecule has 0 fully saturated rings. The highest BCUT2D eigenvalue weighted by atomic mass is 127. The van der Waals surface area contributed by atoms with Crippen LogP contribution in [0.2, 0.25) is 0 Å². The zero-order valence-electron chi connectivity index (χ0n) is 10.4. The Balaban J connectivity index is 1.95. The second-order valence-corrected chi connectivity index (χ2v) is 5.12. The molecule has 0 atom stereocenters. The fourth-order valence-corrected chi connectivity index (χ4v) is 2.07. The molecule has 0 unspecified atom stereocenters. The molecule has 0 heterocycles. The molecule has 2 aromatic rings. The van der Waals surface area contributed by atoms with Gasteiger partial charge in [0.15, 0.2) is 0 Å². The van der Waals surface area contributed by atoms with Gasteiger partial charge in [-0.25, -0.2) is 0 Å². The number of hydrogen-bond donors (Lipinski definition) is 0. The normalized spacial score (nSPS) is 10.7. The van der Waals surface area contributed by atoms with E-state index in [-0.39, 0.29) is 12.3 Å². The molecule has 0 aliphatic carbocycles. The summed E-state index contributed by atoms with van der Waals surface area (Å²) in [7, 11) is 0. The van der Waals surface area contributed by atoms with Gasteiger partial charge in [-0.15, -0.1) is 0 Å². The Kier molecular flexibility index (Phi) is 5.05. The Morgan fingerprint density at radius 3 is 2.80 bits per heavy atom. The number of nitro groups is 1. The maximum atomic E-state index is 10.6. The summed E-state index contributed by atoms with van der Waals surface area (Å²) in [5.74, 6) is 0. The van der Waals surface area contributed by atoms with Crippen LogP contribution in [0.3, 0.4) is 0 Å². The molecule has 102 valence electrons. The van der Waals surface area contributed by atoms with Crippen LogP contribution in [0.4, 0.5) is 5.69 Å². The highest BCUT2D eigenvalue weighted by molar-refractivity contribution is 14.1. The molecule has 0 saturated heterocycles. The van der Waals surface area contributed by atoms with E-state index in [1.54, 1.807) is 18.3 Å². The number of non-ortho nitro benzene ring substituents is 1. The summed E-state index contributed by atoms with van der Waals surface area (Å²) < 4.78 is 1.08. The highest BCUT2D eigenvalue weighted by Crippen LogP contribution is 2.14. The molecular weight excluding hydrogens is 371 g/mol. The Hall–Kier alpha value is -1.96. The molecule has 0 saturated carbocycles. The van der Waals surface area contributed by atoms with E-state index >= 15 is 0 Å². The van der Waals surface area contributed by atoms with E-state index in [2.05, 4.69) is 27.7 Å². The van der Waals surface area contributed by atoms with Crippen molar-refractivity contribution >= 4 is 34.5 Å². The van der Waals surface area contributed by atoms with Crippen molar-refractivity contribution in [1.82, 2.24) is 0 Å². The lowest BCUT2D eigenvalue weighted by Gasteiger charge is -2.00. The van der Waals surface area contributed by atoms with Crippen molar-refractivity contribution in [3.63, 3.8) is 0 Å². The van der Waals surface area contributed by atoms with E-state index in [0.717, 1.165) is 9.13 Å². The molecule has 0 aromatic heterocycles. The van der Waals surface area contributed by atoms with Gasteiger partial charge in [0, 0.05) is 21.3 Å². The minimum absolute atomic E-state index is 0.0488. The smallest absolute Gasteiger partial charge is 0.269 e. The number of halogens is 1. The Labute approximate surface area is 129 Å². The third-order valence-electron chi connectivity index (χ3n) is 2.52. The molecular formula is C14H11IN2O3. The van der Waals surface area contributed by atoms with E-state index in [9.17, 15) is 10.1 Å². The molecule has 0 aliphatic rings. The van der Waals surface area contributed by atoms with E-state index in [0.29, 0.717) is 5.56 Å². The molecule has 0 N–H and O–H groups in total. The maximum absolute atomic E-state index is 10.6. The lowest BCUT2D eigenvalue weighted by Crippen LogP contribution is -1.92. The van der Waals surface area contributed by atoms with Gasteiger partial charge in [0.1, 0.15) is 6.61 Å². The predicted molar refractivity (Wildman–Crippen MR) is 84.6 cm³/mol. The number of nitro benzene ring substituents is 1. The fraction of sp³-hybridized carbons (Fsp3) is 0.0714. The van der Waals surface area contributed by atoms with Crippen molar-refractivity contribution in [2.45, 2.75) is 6.61 Å². The number of rotatable bonds is 5. The summed E-state index contributed by atoms with van der Waals surface area (Å²) in [6.45, 7) is 0.196. The van der Waals surface area contributed by atoms with Crippen LogP contribution in [0.25, 0.3) is 0 Å². The number of hydrogen-bond acceptors (Lipinski definition) is 4. The molecule has 2 rings (SSSR count). The monoisotopic (exact) mass is 382 g/mol. The Morgan fingerprint density at radius 1 is 1.25 bits per heavy atom. The third kappa shape index (κ3) is 4.02. The second-order valence-electron chi connectivity index (χ2n) is 3.96. The molecule has 20 heavy (non-hydrogen) atoms. The van der Waals surface area contributed by atoms with Gasteiger partial charge in [-0.2, -0.15) is 0 Å². The van der Waals surface area contributed by atoms with E-state index in [1.807, 2.05) is 24.3 Å². The van der Waals surface area contributed by atoms with Crippen molar-refractivity contribution in [3.05, 3.63) is 73.3 Å². The first-order chi connectivity index (χ1) is 9.66. The lowest BCUT2D eigenvalue weighted by molar-refractivity contribution is -0.384. The first kappa shape index (κ1) is 14.4. The molecule has 0 aliphatic heterocycles. The molecule has 0 amide bonds. The van der Waals surface area contributed by atoms with Gasteiger partial charge in [-0.05, 0) is 34.2 Å². The first-order valence-electron chi connectivity index (χ1n) is 5.80. The van der Waals surface area contributed by atoms with Crippen LogP contribution >= 0.6 is 22.6 Å². The maximum Gasteiger partial charge on any atom is 0.269 e. The van der Waals surface area contributed by atoms with Gasteiger partial charge in [-0.3, -0.25) is 10.1 Å². The van der Waals surface area contributed by atoms with Crippen LogP contribution < -0.4 is 0 Å². The summed E-state index contributed by atoms with van der Waals surface area (Å²) >= 11 is 2.21. The van der Waals surface area contributed by atoms with Gasteiger partial charge in [-0.1, -0.05) is 35.5 Å². The van der Waals surface area contributed by atoms with Crippen molar-refractivity contribution in [3.8, 4) is 0 Å². The topological polar surface area (TPSA) is 64.7 Å². The fourth-order valence-electron chi connectivity index (χ4n) is 1.55. The van der Waals surface area contributed by atoms with Crippen molar-refractivity contribution in [2.75, 3.05) is 0 Å². The van der Waals surface area contributed by atoms with E-state index < -0.39 is 4.92 Å². The quantitative estimate of drug-likeness (QED) is 0.343. The summed E-state index contributed by atoms with van der Waals surface area (Å²) in [5.41, 5.74) is 1.72. The largest absolute Gasteiger partial charge is 0.391 e. The first-order valence-corrected chi connectivity index (χ1v) is 6.88. The Morgan fingerprint density at radius 2 is 2.05 bits per heavy atom. The van der Waals surface area contributed by atoms with Crippen molar-refractivity contribution in [2.24, 2.45) is 5.16 Å². The van der Waals surface area contributed by atoms with Gasteiger partial charge in [0.2, 0.25) is 0 Å². The summed E-state index contributed by atoms with van der Waals surface area (Å²) in [4.78, 5) is 15.4. The standard InChI is InChI=1S/C14H11IN2O3/c15-14-7-2-1-5-12(14)9-16-20-10-11-4-3-6-13(8-11)17(18)19/h1-9H,10H2/b16-9-. The lowest BCUT2D eigenvalue weighted by atomic mass is 10.2. The minimum atomic E-state index is -0.431. The molecule has 6 heteroatoms. The molecule has 0 bridgehead atoms. The van der Waals surface area contributed by atoms with Crippen molar-refractivity contribution < 1.29 is 9.76 Å². The zero-order valence-corrected chi connectivity index (χ0v) is 12.6. The molecule has 5 nitrogen and oxygen atoms in total. The van der Waals surface area contributed by atoms with Crippen LogP contribution in [0.5, 0.6) is 0 Å². The number of benzene rings is 2.